The molecule has 0 unspecified atom stereocenters. The van der Waals surface area contributed by atoms with E-state index in [-0.39, 0.29) is 5.97 Å². The van der Waals surface area contributed by atoms with Gasteiger partial charge in [0.1, 0.15) is 6.04 Å². The van der Waals surface area contributed by atoms with Gasteiger partial charge in [-0.1, -0.05) is 55.6 Å². The number of carboxylic acid groups (broad SMARTS) is 1. The first kappa shape index (κ1) is 21.6. The number of hydrogen-bond acceptors (Lipinski definition) is 5. The lowest BCUT2D eigenvalue weighted by Crippen LogP contribution is -2.37. The van der Waals surface area contributed by atoms with Crippen molar-refractivity contribution in [2.75, 3.05) is 6.54 Å². The third-order valence-corrected chi connectivity index (χ3v) is 6.31. The van der Waals surface area contributed by atoms with Crippen molar-refractivity contribution in [1.82, 2.24) is 4.90 Å². The number of carbonyl (C=O) groups excluding carboxylic acids is 1. The first-order valence-electron chi connectivity index (χ1n) is 9.70. The lowest BCUT2D eigenvalue weighted by atomic mass is 10.0. The number of benzene rings is 1. The van der Waals surface area contributed by atoms with E-state index in [9.17, 15) is 14.7 Å². The quantitative estimate of drug-likeness (QED) is 0.350. The largest absolute Gasteiger partial charge is 0.480 e. The molecule has 7 heteroatoms. The lowest BCUT2D eigenvalue weighted by Gasteiger charge is -2.32. The fourth-order valence-corrected chi connectivity index (χ4v) is 4.67. The van der Waals surface area contributed by atoms with Crippen molar-refractivity contribution in [1.29, 1.82) is 0 Å². The summed E-state index contributed by atoms with van der Waals surface area (Å²) >= 11 is 7.70. The first-order chi connectivity index (χ1) is 14.0. The van der Waals surface area contributed by atoms with E-state index in [4.69, 9.17) is 16.3 Å². The maximum Gasteiger partial charge on any atom is 0.336 e. The van der Waals surface area contributed by atoms with Gasteiger partial charge in [-0.3, -0.25) is 9.69 Å². The Hall–Kier alpha value is -2.15. The van der Waals surface area contributed by atoms with E-state index in [1.54, 1.807) is 24.3 Å². The summed E-state index contributed by atoms with van der Waals surface area (Å²) in [6.45, 7) is 3.17. The average molecular weight is 434 g/mol. The van der Waals surface area contributed by atoms with Crippen molar-refractivity contribution in [3.8, 4) is 5.06 Å². The number of allylic oxidation sites excluding steroid dienone is 1. The molecular formula is C22H24ClNO4S. The number of rotatable bonds is 8. The highest BCUT2D eigenvalue weighted by atomic mass is 35.5. The molecule has 5 nitrogen and oxygen atoms in total. The molecule has 2 aromatic rings. The van der Waals surface area contributed by atoms with Gasteiger partial charge in [0.15, 0.2) is 5.06 Å². The summed E-state index contributed by atoms with van der Waals surface area (Å²) in [7, 11) is 0. The normalized spacial score (nSPS) is 15.2. The van der Waals surface area contributed by atoms with Gasteiger partial charge >= 0.3 is 11.9 Å². The lowest BCUT2D eigenvalue weighted by molar-refractivity contribution is -0.144. The minimum Gasteiger partial charge on any atom is -0.480 e. The van der Waals surface area contributed by atoms with Crippen molar-refractivity contribution in [3.05, 3.63) is 63.5 Å². The average Bonchev–Trinajstić information content (AvgIpc) is 3.08. The van der Waals surface area contributed by atoms with Crippen molar-refractivity contribution in [3.63, 3.8) is 0 Å². The van der Waals surface area contributed by atoms with Crippen LogP contribution in [-0.2, 0) is 22.6 Å². The summed E-state index contributed by atoms with van der Waals surface area (Å²) < 4.78 is 5.43. The number of carboxylic acids is 1. The second-order valence-corrected chi connectivity index (χ2v) is 8.47. The van der Waals surface area contributed by atoms with E-state index in [0.717, 1.165) is 29.7 Å². The van der Waals surface area contributed by atoms with Gasteiger partial charge < -0.3 is 9.84 Å². The highest BCUT2D eigenvalue weighted by molar-refractivity contribution is 7.14. The van der Waals surface area contributed by atoms with Crippen LogP contribution in [-0.4, -0.2) is 28.5 Å². The van der Waals surface area contributed by atoms with Gasteiger partial charge in [-0.15, -0.1) is 11.3 Å². The number of aliphatic carboxylic acids is 1. The molecule has 0 radical (unpaired) electrons. The van der Waals surface area contributed by atoms with Gasteiger partial charge in [-0.25, -0.2) is 4.79 Å². The molecule has 0 bridgehead atoms. The molecule has 0 amide bonds. The molecule has 0 fully saturated rings. The summed E-state index contributed by atoms with van der Waals surface area (Å²) in [5.41, 5.74) is 1.58. The van der Waals surface area contributed by atoms with Crippen molar-refractivity contribution < 1.29 is 19.4 Å². The van der Waals surface area contributed by atoms with Crippen LogP contribution in [0.2, 0.25) is 5.02 Å². The monoisotopic (exact) mass is 433 g/mol. The SMILES string of the molecule is CCCC/C=C/C(=O)Oc1cc2c(s1)CCN([C@H](C(=O)O)c1ccccc1Cl)C2. The second kappa shape index (κ2) is 10.1. The maximum atomic E-state index is 12.0. The number of unbranched alkanes of at least 4 members (excludes halogenated alkanes) is 2. The number of fused-ring (bicyclic) bond motifs is 1. The Morgan fingerprint density at radius 2 is 2.17 bits per heavy atom. The Kier molecular flexibility index (Phi) is 7.47. The third-order valence-electron chi connectivity index (χ3n) is 4.85. The molecule has 154 valence electrons. The third kappa shape index (κ3) is 5.47. The standard InChI is InChI=1S/C22H24ClNO4S/c1-2-3-4-5-10-19(25)28-20-13-15-14-24(12-11-18(15)29-20)21(22(26)27)16-8-6-7-9-17(16)23/h5-10,13,21H,2-4,11-12,14H2,1H3,(H,26,27)/b10-5+/t21-/m0/s1. The fraction of sp³-hybridized carbons (Fsp3) is 0.364. The summed E-state index contributed by atoms with van der Waals surface area (Å²) in [5, 5.41) is 10.8. The zero-order chi connectivity index (χ0) is 20.8. The number of hydrogen-bond donors (Lipinski definition) is 1. The molecule has 2 heterocycles. The number of carbonyl (C=O) groups is 2. The maximum absolute atomic E-state index is 12.0. The Bertz CT molecular complexity index is 908. The van der Waals surface area contributed by atoms with Gasteiger partial charge in [0.2, 0.25) is 0 Å². The molecule has 1 N–H and O–H groups in total. The molecule has 1 atom stereocenters. The number of ether oxygens (including phenoxy) is 1. The molecule has 1 aliphatic rings. The Labute approximate surface area is 179 Å². The van der Waals surface area contributed by atoms with Gasteiger partial charge in [0.25, 0.3) is 0 Å². The van der Waals surface area contributed by atoms with E-state index >= 15 is 0 Å². The topological polar surface area (TPSA) is 66.8 Å². The first-order valence-corrected chi connectivity index (χ1v) is 10.9. The van der Waals surface area contributed by atoms with Crippen molar-refractivity contribution >= 4 is 34.9 Å². The number of halogens is 1. The molecule has 29 heavy (non-hydrogen) atoms. The smallest absolute Gasteiger partial charge is 0.336 e. The molecule has 1 aliphatic heterocycles. The molecule has 1 aromatic heterocycles. The van der Waals surface area contributed by atoms with Crippen molar-refractivity contribution in [2.24, 2.45) is 0 Å². The number of nitrogens with zero attached hydrogens (tertiary/aromatic N) is 1. The minimum atomic E-state index is -0.930. The predicted molar refractivity (Wildman–Crippen MR) is 115 cm³/mol. The summed E-state index contributed by atoms with van der Waals surface area (Å²) in [5.74, 6) is -1.31. The minimum absolute atomic E-state index is 0.379. The molecular weight excluding hydrogens is 410 g/mol. The van der Waals surface area contributed by atoms with Crippen LogP contribution in [0.15, 0.2) is 42.5 Å². The van der Waals surface area contributed by atoms with E-state index in [1.165, 1.54) is 17.4 Å². The van der Waals surface area contributed by atoms with Crippen LogP contribution in [0.1, 0.15) is 48.2 Å². The summed E-state index contributed by atoms with van der Waals surface area (Å²) in [6.07, 6.45) is 7.00. The second-order valence-electron chi connectivity index (χ2n) is 6.96. The molecule has 1 aromatic carbocycles. The van der Waals surface area contributed by atoms with E-state index in [0.29, 0.717) is 35.2 Å². The summed E-state index contributed by atoms with van der Waals surface area (Å²) in [6, 6.07) is 8.07. The zero-order valence-corrected chi connectivity index (χ0v) is 17.8. The molecule has 0 aliphatic carbocycles. The van der Waals surface area contributed by atoms with Crippen LogP contribution < -0.4 is 4.74 Å². The fourth-order valence-electron chi connectivity index (χ4n) is 3.42. The zero-order valence-electron chi connectivity index (χ0n) is 16.3. The Balaban J connectivity index is 1.71. The van der Waals surface area contributed by atoms with E-state index < -0.39 is 12.0 Å². The van der Waals surface area contributed by atoms with Crippen LogP contribution in [0.5, 0.6) is 5.06 Å². The van der Waals surface area contributed by atoms with Gasteiger partial charge in [-0.05, 0) is 36.1 Å². The van der Waals surface area contributed by atoms with Crippen LogP contribution >= 0.6 is 22.9 Å². The van der Waals surface area contributed by atoms with Crippen molar-refractivity contribution in [2.45, 2.75) is 45.2 Å². The predicted octanol–water partition coefficient (Wildman–Crippen LogP) is 5.24. The van der Waals surface area contributed by atoms with Gasteiger partial charge in [-0.2, -0.15) is 0 Å². The molecule has 0 spiro atoms. The number of thiophene rings is 1. The molecule has 0 saturated carbocycles. The molecule has 3 rings (SSSR count). The van der Waals surface area contributed by atoms with Crippen LogP contribution in [0, 0.1) is 0 Å². The van der Waals surface area contributed by atoms with E-state index in [1.807, 2.05) is 17.0 Å². The highest BCUT2D eigenvalue weighted by Crippen LogP contribution is 2.37. The van der Waals surface area contributed by atoms with Crippen LogP contribution in [0.25, 0.3) is 0 Å². The molecule has 0 saturated heterocycles. The van der Waals surface area contributed by atoms with Gasteiger partial charge in [0.05, 0.1) is 0 Å². The number of esters is 1. The van der Waals surface area contributed by atoms with Crippen LogP contribution in [0.3, 0.4) is 0 Å². The summed E-state index contributed by atoms with van der Waals surface area (Å²) in [4.78, 5) is 27.0. The highest BCUT2D eigenvalue weighted by Gasteiger charge is 2.32. The Morgan fingerprint density at radius 1 is 1.38 bits per heavy atom. The van der Waals surface area contributed by atoms with E-state index in [2.05, 4.69) is 6.92 Å². The van der Waals surface area contributed by atoms with Crippen LogP contribution in [0.4, 0.5) is 0 Å². The van der Waals surface area contributed by atoms with Gasteiger partial charge in [0, 0.05) is 29.1 Å². The Morgan fingerprint density at radius 3 is 2.90 bits per heavy atom.